The summed E-state index contributed by atoms with van der Waals surface area (Å²) >= 11 is 0. The standard InChI is InChI=1S/C19H45N3OSi/c1-8-13-21(7)14-11-16-22(17-24-23-19(4,5)6)15-10-12-20-18(3)9-2/h18,20H,8-17,24H2,1-7H3. The molecular formula is C19H45N3OSi. The average Bonchev–Trinajstić information content (AvgIpc) is 2.49. The number of nitrogens with one attached hydrogen (secondary N) is 1. The van der Waals surface area contributed by atoms with Gasteiger partial charge >= 0.3 is 0 Å². The van der Waals surface area contributed by atoms with Gasteiger partial charge < -0.3 is 19.5 Å². The maximum atomic E-state index is 6.06. The molecule has 0 bridgehead atoms. The lowest BCUT2D eigenvalue weighted by atomic mass is 10.2. The molecule has 0 heterocycles. The van der Waals surface area contributed by atoms with Gasteiger partial charge in [-0.2, -0.15) is 0 Å². The number of nitrogens with zero attached hydrogens (tertiary/aromatic N) is 2. The maximum Gasteiger partial charge on any atom is 0.176 e. The zero-order chi connectivity index (χ0) is 18.4. The molecule has 0 aromatic carbocycles. The van der Waals surface area contributed by atoms with Crippen molar-refractivity contribution in [3.63, 3.8) is 0 Å². The Morgan fingerprint density at radius 3 is 2.29 bits per heavy atom. The van der Waals surface area contributed by atoms with Crippen LogP contribution in [0.1, 0.15) is 67.2 Å². The van der Waals surface area contributed by atoms with Crippen molar-refractivity contribution in [2.45, 2.75) is 78.9 Å². The smallest absolute Gasteiger partial charge is 0.176 e. The van der Waals surface area contributed by atoms with Crippen molar-refractivity contribution >= 4 is 9.76 Å². The van der Waals surface area contributed by atoms with Crippen LogP contribution in [-0.2, 0) is 4.43 Å². The van der Waals surface area contributed by atoms with E-state index in [1.165, 1.54) is 58.0 Å². The molecule has 0 aliphatic rings. The van der Waals surface area contributed by atoms with Gasteiger partial charge in [0.2, 0.25) is 0 Å². The van der Waals surface area contributed by atoms with Crippen LogP contribution in [0, 0.1) is 0 Å². The summed E-state index contributed by atoms with van der Waals surface area (Å²) < 4.78 is 6.06. The molecule has 0 aliphatic carbocycles. The van der Waals surface area contributed by atoms with E-state index in [9.17, 15) is 0 Å². The SMILES string of the molecule is CCCN(C)CCCN(CCCNC(C)CC)C[SiH2]OC(C)(C)C. The summed E-state index contributed by atoms with van der Waals surface area (Å²) in [7, 11) is 1.78. The first-order chi connectivity index (χ1) is 11.3. The van der Waals surface area contributed by atoms with E-state index < -0.39 is 9.76 Å². The molecule has 1 atom stereocenters. The zero-order valence-corrected chi connectivity index (χ0v) is 19.1. The third-order valence-electron chi connectivity index (χ3n) is 4.32. The van der Waals surface area contributed by atoms with E-state index in [1.807, 2.05) is 0 Å². The fourth-order valence-corrected chi connectivity index (χ4v) is 4.08. The van der Waals surface area contributed by atoms with Gasteiger partial charge in [0.15, 0.2) is 9.76 Å². The first-order valence-corrected chi connectivity index (χ1v) is 11.6. The van der Waals surface area contributed by atoms with Gasteiger partial charge in [-0.25, -0.2) is 0 Å². The minimum absolute atomic E-state index is 0.0251. The number of hydrogen-bond donors (Lipinski definition) is 1. The van der Waals surface area contributed by atoms with Gasteiger partial charge in [0, 0.05) is 17.8 Å². The lowest BCUT2D eigenvalue weighted by Gasteiger charge is -2.26. The first-order valence-electron chi connectivity index (χ1n) is 10.1. The Balaban J connectivity index is 4.08. The largest absolute Gasteiger partial charge is 0.418 e. The second kappa shape index (κ2) is 14.2. The highest BCUT2D eigenvalue weighted by atomic mass is 28.2. The molecule has 146 valence electrons. The van der Waals surface area contributed by atoms with Crippen molar-refractivity contribution in [2.75, 3.05) is 45.9 Å². The molecule has 0 rings (SSSR count). The lowest BCUT2D eigenvalue weighted by Crippen LogP contribution is -2.37. The second-order valence-corrected chi connectivity index (χ2v) is 9.22. The Morgan fingerprint density at radius 1 is 1.04 bits per heavy atom. The van der Waals surface area contributed by atoms with E-state index in [1.54, 1.807) is 0 Å². The van der Waals surface area contributed by atoms with Gasteiger partial charge in [-0.1, -0.05) is 13.8 Å². The predicted molar refractivity (Wildman–Crippen MR) is 111 cm³/mol. The van der Waals surface area contributed by atoms with Crippen LogP contribution >= 0.6 is 0 Å². The van der Waals surface area contributed by atoms with Gasteiger partial charge in [-0.05, 0) is 93.1 Å². The third-order valence-corrected chi connectivity index (χ3v) is 6.20. The van der Waals surface area contributed by atoms with Gasteiger partial charge in [-0.15, -0.1) is 0 Å². The van der Waals surface area contributed by atoms with E-state index >= 15 is 0 Å². The molecule has 5 heteroatoms. The van der Waals surface area contributed by atoms with E-state index in [-0.39, 0.29) is 5.60 Å². The molecule has 0 aliphatic heterocycles. The molecule has 24 heavy (non-hydrogen) atoms. The third kappa shape index (κ3) is 15.6. The molecule has 1 N–H and O–H groups in total. The highest BCUT2D eigenvalue weighted by Gasteiger charge is 2.12. The molecule has 0 aromatic heterocycles. The van der Waals surface area contributed by atoms with Crippen LogP contribution in [0.25, 0.3) is 0 Å². The summed E-state index contributed by atoms with van der Waals surface area (Å²) in [5.41, 5.74) is 0.0251. The van der Waals surface area contributed by atoms with Crippen molar-refractivity contribution in [2.24, 2.45) is 0 Å². The van der Waals surface area contributed by atoms with Crippen LogP contribution in [0.3, 0.4) is 0 Å². The van der Waals surface area contributed by atoms with E-state index in [2.05, 4.69) is 63.7 Å². The molecule has 0 saturated carbocycles. The minimum Gasteiger partial charge on any atom is -0.418 e. The highest BCUT2D eigenvalue weighted by molar-refractivity contribution is 6.27. The van der Waals surface area contributed by atoms with Crippen LogP contribution in [0.2, 0.25) is 0 Å². The molecule has 0 saturated heterocycles. The van der Waals surface area contributed by atoms with E-state index in [0.717, 1.165) is 6.54 Å². The van der Waals surface area contributed by atoms with Crippen LogP contribution < -0.4 is 5.32 Å². The Bertz CT molecular complexity index is 284. The molecule has 0 aromatic rings. The monoisotopic (exact) mass is 359 g/mol. The van der Waals surface area contributed by atoms with Crippen LogP contribution in [0.15, 0.2) is 0 Å². The summed E-state index contributed by atoms with van der Waals surface area (Å²) in [6, 6.07) is 0.639. The van der Waals surface area contributed by atoms with Gasteiger partial charge in [0.25, 0.3) is 0 Å². The summed E-state index contributed by atoms with van der Waals surface area (Å²) in [5, 5.41) is 3.60. The Kier molecular flexibility index (Phi) is 14.3. The highest BCUT2D eigenvalue weighted by Crippen LogP contribution is 2.05. The molecule has 0 amide bonds. The summed E-state index contributed by atoms with van der Waals surface area (Å²) in [4.78, 5) is 5.09. The molecule has 4 nitrogen and oxygen atoms in total. The fraction of sp³-hybridized carbons (Fsp3) is 1.00. The molecule has 1 unspecified atom stereocenters. The second-order valence-electron chi connectivity index (χ2n) is 8.08. The number of rotatable bonds is 15. The Labute approximate surface area is 154 Å². The van der Waals surface area contributed by atoms with E-state index in [0.29, 0.717) is 6.04 Å². The van der Waals surface area contributed by atoms with Crippen LogP contribution in [0.4, 0.5) is 0 Å². The Morgan fingerprint density at radius 2 is 1.71 bits per heavy atom. The van der Waals surface area contributed by atoms with Crippen molar-refractivity contribution in [1.82, 2.24) is 15.1 Å². The molecule has 0 spiro atoms. The first kappa shape index (κ1) is 24.1. The quantitative estimate of drug-likeness (QED) is 0.359. The minimum atomic E-state index is -0.460. The maximum absolute atomic E-state index is 6.06. The fourth-order valence-electron chi connectivity index (χ4n) is 2.67. The Hall–Kier alpha value is 0.0569. The number of hydrogen-bond acceptors (Lipinski definition) is 4. The average molecular weight is 360 g/mol. The molecule has 0 fully saturated rings. The zero-order valence-electron chi connectivity index (χ0n) is 17.7. The van der Waals surface area contributed by atoms with E-state index in [4.69, 9.17) is 4.43 Å². The van der Waals surface area contributed by atoms with Crippen molar-refractivity contribution in [3.8, 4) is 0 Å². The van der Waals surface area contributed by atoms with Gasteiger partial charge in [-0.3, -0.25) is 0 Å². The van der Waals surface area contributed by atoms with Crippen LogP contribution in [0.5, 0.6) is 0 Å². The summed E-state index contributed by atoms with van der Waals surface area (Å²) in [6.45, 7) is 19.2. The normalized spacial score (nSPS) is 14.4. The van der Waals surface area contributed by atoms with Crippen LogP contribution in [-0.4, -0.2) is 77.1 Å². The van der Waals surface area contributed by atoms with Crippen molar-refractivity contribution < 1.29 is 4.43 Å². The molecular weight excluding hydrogens is 314 g/mol. The topological polar surface area (TPSA) is 27.7 Å². The van der Waals surface area contributed by atoms with Gasteiger partial charge in [0.1, 0.15) is 0 Å². The van der Waals surface area contributed by atoms with Crippen molar-refractivity contribution in [3.05, 3.63) is 0 Å². The van der Waals surface area contributed by atoms with Gasteiger partial charge in [0.05, 0.1) is 0 Å². The molecule has 0 radical (unpaired) electrons. The predicted octanol–water partition coefficient (Wildman–Crippen LogP) is 2.65. The summed E-state index contributed by atoms with van der Waals surface area (Å²) in [5.74, 6) is 0. The lowest BCUT2D eigenvalue weighted by molar-refractivity contribution is 0.131. The summed E-state index contributed by atoms with van der Waals surface area (Å²) in [6.07, 6.45) is 6.13. The van der Waals surface area contributed by atoms with Crippen molar-refractivity contribution in [1.29, 1.82) is 0 Å².